The van der Waals surface area contributed by atoms with Crippen LogP contribution in [0.1, 0.15) is 63.0 Å². The second-order valence-electron chi connectivity index (χ2n) is 9.83. The number of aliphatic hydroxyl groups is 1. The van der Waals surface area contributed by atoms with E-state index >= 15 is 0 Å². The van der Waals surface area contributed by atoms with Gasteiger partial charge in [-0.25, -0.2) is 18.7 Å². The van der Waals surface area contributed by atoms with Crippen molar-refractivity contribution in [3.05, 3.63) is 35.5 Å². The standard InChI is InChI=1S/C25H28F2N8O2/c26-18-8-13(11-28)9-19(27)21(18)33-25-32-20-12-30-24(31-15-2-1-3-17(36)10-15)34-23(20)35(25)16-6-4-14(5-7-16)22(29)37/h8-9,12,14-17,36H,1-7,10H2,(H2,29,37)(H,32,33)(H,30,31,34)/t14-,15-,16+,17+/m1/s1. The van der Waals surface area contributed by atoms with Gasteiger partial charge in [-0.15, -0.1) is 0 Å². The molecule has 0 unspecified atom stereocenters. The van der Waals surface area contributed by atoms with Crippen LogP contribution in [0.2, 0.25) is 0 Å². The highest BCUT2D eigenvalue weighted by atomic mass is 19.1. The zero-order chi connectivity index (χ0) is 26.1. The highest BCUT2D eigenvalue weighted by Crippen LogP contribution is 2.37. The van der Waals surface area contributed by atoms with Gasteiger partial charge in [0.15, 0.2) is 17.3 Å². The summed E-state index contributed by atoms with van der Waals surface area (Å²) in [6.07, 6.45) is 6.71. The number of nitrogens with one attached hydrogen (secondary N) is 2. The third kappa shape index (κ3) is 5.17. The van der Waals surface area contributed by atoms with Gasteiger partial charge < -0.3 is 21.5 Å². The number of halogens is 2. The van der Waals surface area contributed by atoms with Crippen molar-refractivity contribution < 1.29 is 18.7 Å². The van der Waals surface area contributed by atoms with Crippen molar-refractivity contribution in [2.45, 2.75) is 69.6 Å². The summed E-state index contributed by atoms with van der Waals surface area (Å²) in [6.45, 7) is 0. The largest absolute Gasteiger partial charge is 0.393 e. The van der Waals surface area contributed by atoms with Crippen LogP contribution in [0.15, 0.2) is 18.3 Å². The third-order valence-corrected chi connectivity index (χ3v) is 7.28. The number of hydrogen-bond donors (Lipinski definition) is 4. The SMILES string of the molecule is N#Cc1cc(F)c(Nc2nc3cnc(N[C@@H]4CCC[C@H](O)C4)nc3n2[C@H]2CC[C@@H](C(N)=O)CC2)c(F)c1. The number of aliphatic hydroxyl groups excluding tert-OH is 1. The van der Waals surface area contributed by atoms with Crippen LogP contribution >= 0.6 is 0 Å². The number of fused-ring (bicyclic) bond motifs is 1. The number of nitriles is 1. The van der Waals surface area contributed by atoms with Gasteiger partial charge in [-0.05, 0) is 63.5 Å². The van der Waals surface area contributed by atoms with E-state index in [2.05, 4.69) is 20.6 Å². The Morgan fingerprint density at radius 3 is 2.51 bits per heavy atom. The lowest BCUT2D eigenvalue weighted by Gasteiger charge is -2.29. The molecule has 0 spiro atoms. The Bertz CT molecular complexity index is 1340. The summed E-state index contributed by atoms with van der Waals surface area (Å²) in [5, 5.41) is 25.1. The number of primary amides is 1. The molecule has 0 aliphatic heterocycles. The van der Waals surface area contributed by atoms with Crippen molar-refractivity contribution in [1.82, 2.24) is 19.5 Å². The molecule has 0 radical (unpaired) electrons. The van der Waals surface area contributed by atoms with E-state index in [9.17, 15) is 18.7 Å². The average molecular weight is 511 g/mol. The van der Waals surface area contributed by atoms with Crippen LogP contribution in [0.25, 0.3) is 11.2 Å². The molecule has 2 atom stereocenters. The topological polar surface area (TPSA) is 155 Å². The summed E-state index contributed by atoms with van der Waals surface area (Å²) in [5.41, 5.74) is 5.86. The van der Waals surface area contributed by atoms with E-state index in [0.29, 0.717) is 49.2 Å². The summed E-state index contributed by atoms with van der Waals surface area (Å²) in [4.78, 5) is 25.3. The molecular weight excluding hydrogens is 482 g/mol. The van der Waals surface area contributed by atoms with Gasteiger partial charge in [-0.2, -0.15) is 10.2 Å². The van der Waals surface area contributed by atoms with Crippen LogP contribution in [0, 0.1) is 28.9 Å². The van der Waals surface area contributed by atoms with Crippen LogP contribution in [0.3, 0.4) is 0 Å². The average Bonchev–Trinajstić information content (AvgIpc) is 3.23. The molecule has 2 aliphatic rings. The van der Waals surface area contributed by atoms with Gasteiger partial charge in [0.1, 0.15) is 11.2 Å². The Hall–Kier alpha value is -3.85. The predicted octanol–water partition coefficient (Wildman–Crippen LogP) is 3.65. The normalized spacial score (nSPS) is 23.9. The first-order chi connectivity index (χ1) is 17.8. The number of nitrogens with two attached hydrogens (primary N) is 1. The Morgan fingerprint density at radius 1 is 1.14 bits per heavy atom. The Labute approximate surface area is 211 Å². The zero-order valence-corrected chi connectivity index (χ0v) is 20.1. The van der Waals surface area contributed by atoms with Crippen molar-refractivity contribution in [1.29, 1.82) is 5.26 Å². The zero-order valence-electron chi connectivity index (χ0n) is 20.1. The lowest BCUT2D eigenvalue weighted by Crippen LogP contribution is -2.30. The van der Waals surface area contributed by atoms with E-state index in [1.165, 1.54) is 0 Å². The van der Waals surface area contributed by atoms with Crippen LogP contribution in [-0.4, -0.2) is 42.7 Å². The molecule has 0 bridgehead atoms. The summed E-state index contributed by atoms with van der Waals surface area (Å²) in [6, 6.07) is 3.53. The molecule has 0 saturated heterocycles. The van der Waals surface area contributed by atoms with Crippen LogP contribution in [0.5, 0.6) is 0 Å². The molecule has 1 aromatic carbocycles. The maximum absolute atomic E-state index is 14.7. The predicted molar refractivity (Wildman–Crippen MR) is 132 cm³/mol. The van der Waals surface area contributed by atoms with Crippen LogP contribution < -0.4 is 16.4 Å². The number of carbonyl (C=O) groups is 1. The lowest BCUT2D eigenvalue weighted by molar-refractivity contribution is -0.122. The van der Waals surface area contributed by atoms with Gasteiger partial charge in [0.05, 0.1) is 23.9 Å². The van der Waals surface area contributed by atoms with Crippen molar-refractivity contribution >= 4 is 34.7 Å². The van der Waals surface area contributed by atoms with E-state index in [1.807, 2.05) is 0 Å². The number of rotatable bonds is 6. The number of aromatic nitrogens is 4. The Balaban J connectivity index is 1.52. The number of amides is 1. The fraction of sp³-hybridized carbons (Fsp3) is 0.480. The summed E-state index contributed by atoms with van der Waals surface area (Å²) >= 11 is 0. The Kier molecular flexibility index (Phi) is 6.88. The first-order valence-electron chi connectivity index (χ1n) is 12.5. The molecule has 1 amide bonds. The van der Waals surface area contributed by atoms with E-state index in [1.54, 1.807) is 16.8 Å². The number of hydrogen-bond acceptors (Lipinski definition) is 8. The number of imidazole rings is 1. The molecule has 5 rings (SSSR count). The minimum atomic E-state index is -0.920. The first kappa shape index (κ1) is 24.8. The third-order valence-electron chi connectivity index (χ3n) is 7.28. The number of nitrogens with zero attached hydrogens (tertiary/aromatic N) is 5. The molecule has 2 aromatic heterocycles. The fourth-order valence-corrected chi connectivity index (χ4v) is 5.36. The highest BCUT2D eigenvalue weighted by molar-refractivity contribution is 5.78. The summed E-state index contributed by atoms with van der Waals surface area (Å²) in [5.74, 6) is -1.84. The second kappa shape index (κ2) is 10.3. The maximum atomic E-state index is 14.7. The van der Waals surface area contributed by atoms with Crippen LogP contribution in [0.4, 0.5) is 26.4 Å². The molecule has 2 heterocycles. The van der Waals surface area contributed by atoms with Crippen molar-refractivity contribution in [2.24, 2.45) is 11.7 Å². The van der Waals surface area contributed by atoms with Gasteiger partial charge in [0, 0.05) is 18.0 Å². The van der Waals surface area contributed by atoms with E-state index in [0.717, 1.165) is 31.4 Å². The molecule has 2 fully saturated rings. The fourth-order valence-electron chi connectivity index (χ4n) is 5.36. The van der Waals surface area contributed by atoms with E-state index in [4.69, 9.17) is 16.0 Å². The number of anilines is 3. The molecule has 3 aromatic rings. The first-order valence-corrected chi connectivity index (χ1v) is 12.5. The summed E-state index contributed by atoms with van der Waals surface area (Å²) < 4.78 is 31.2. The van der Waals surface area contributed by atoms with Gasteiger partial charge in [-0.3, -0.25) is 9.36 Å². The van der Waals surface area contributed by atoms with Gasteiger partial charge in [0.2, 0.25) is 17.8 Å². The molecule has 37 heavy (non-hydrogen) atoms. The number of benzene rings is 1. The smallest absolute Gasteiger partial charge is 0.224 e. The molecule has 194 valence electrons. The summed E-state index contributed by atoms with van der Waals surface area (Å²) in [7, 11) is 0. The van der Waals surface area contributed by atoms with Crippen LogP contribution in [-0.2, 0) is 4.79 Å². The number of carbonyl (C=O) groups excluding carboxylic acids is 1. The monoisotopic (exact) mass is 510 g/mol. The second-order valence-corrected chi connectivity index (χ2v) is 9.83. The van der Waals surface area contributed by atoms with Crippen molar-refractivity contribution in [2.75, 3.05) is 10.6 Å². The lowest BCUT2D eigenvalue weighted by atomic mass is 9.85. The van der Waals surface area contributed by atoms with E-state index < -0.39 is 17.3 Å². The molecule has 12 heteroatoms. The van der Waals surface area contributed by atoms with E-state index in [-0.39, 0.29) is 41.5 Å². The minimum absolute atomic E-state index is 0.0306. The molecule has 5 N–H and O–H groups in total. The highest BCUT2D eigenvalue weighted by Gasteiger charge is 2.30. The van der Waals surface area contributed by atoms with Gasteiger partial charge >= 0.3 is 0 Å². The van der Waals surface area contributed by atoms with Gasteiger partial charge in [-0.1, -0.05) is 0 Å². The minimum Gasteiger partial charge on any atom is -0.393 e. The van der Waals surface area contributed by atoms with Crippen molar-refractivity contribution in [3.8, 4) is 6.07 Å². The van der Waals surface area contributed by atoms with Crippen molar-refractivity contribution in [3.63, 3.8) is 0 Å². The molecular formula is C25H28F2N8O2. The molecule has 2 aliphatic carbocycles. The van der Waals surface area contributed by atoms with Gasteiger partial charge in [0.25, 0.3) is 0 Å². The molecule has 10 nitrogen and oxygen atoms in total. The maximum Gasteiger partial charge on any atom is 0.224 e. The Morgan fingerprint density at radius 2 is 1.86 bits per heavy atom. The quantitative estimate of drug-likeness (QED) is 0.392. The molecule has 2 saturated carbocycles.